The molecule has 0 saturated carbocycles. The van der Waals surface area contributed by atoms with Gasteiger partial charge in [-0.15, -0.1) is 0 Å². The molecular formula is C20H28KNaO4. The van der Waals surface area contributed by atoms with E-state index in [1.165, 1.54) is 44.2 Å². The zero-order valence-electron chi connectivity index (χ0n) is 16.6. The molecule has 134 valence electrons. The number of carboxylic acid groups (broad SMARTS) is 2. The minimum absolute atomic E-state index is 0. The number of hydrogen-bond donors (Lipinski definition) is 0. The Morgan fingerprint density at radius 3 is 1.65 bits per heavy atom. The monoisotopic (exact) mass is 394 g/mol. The van der Waals surface area contributed by atoms with E-state index in [2.05, 4.69) is 6.92 Å². The van der Waals surface area contributed by atoms with Crippen LogP contribution in [-0.2, 0) is 15.0 Å². The summed E-state index contributed by atoms with van der Waals surface area (Å²) in [6.07, 6.45) is 9.67. The van der Waals surface area contributed by atoms with E-state index >= 15 is 0 Å². The molecule has 1 rings (SSSR count). The van der Waals surface area contributed by atoms with Crippen LogP contribution in [0.15, 0.2) is 30.3 Å². The minimum Gasteiger partial charge on any atom is -0.549 e. The summed E-state index contributed by atoms with van der Waals surface area (Å²) >= 11 is 0. The first kappa shape index (κ1) is 29.0. The normalized spacial score (nSPS) is 10.5. The SMILES string of the molecule is CCCCCCCCCCCC(C(=O)[O-])(C(=O)[O-])c1ccccc1.[K+].[Na+]. The number of rotatable bonds is 13. The first-order valence-electron chi connectivity index (χ1n) is 9.04. The van der Waals surface area contributed by atoms with E-state index in [0.29, 0.717) is 6.42 Å². The molecule has 0 heterocycles. The number of aliphatic carboxylic acids is 2. The predicted octanol–water partition coefficient (Wildman–Crippen LogP) is -3.65. The van der Waals surface area contributed by atoms with Crippen molar-refractivity contribution in [1.82, 2.24) is 0 Å². The molecule has 0 unspecified atom stereocenters. The summed E-state index contributed by atoms with van der Waals surface area (Å²) in [6, 6.07) is 8.01. The second kappa shape index (κ2) is 16.7. The summed E-state index contributed by atoms with van der Waals surface area (Å²) in [5.41, 5.74) is -1.83. The standard InChI is InChI=1S/C20H30O4.K.Na/c1-2-3-4-5-6-7-8-9-13-16-20(18(21)22,19(23)24)17-14-11-10-12-15-17;;/h10-12,14-15H,2-9,13,16H2,1H3,(H,21,22)(H,23,24);;/q;2*+1/p-2. The van der Waals surface area contributed by atoms with Gasteiger partial charge in [0.05, 0.1) is 17.4 Å². The zero-order valence-corrected chi connectivity index (χ0v) is 21.7. The molecule has 0 fully saturated rings. The van der Waals surface area contributed by atoms with Gasteiger partial charge in [0.2, 0.25) is 0 Å². The number of unbranched alkanes of at least 4 members (excludes halogenated alkanes) is 8. The molecule has 1 aromatic carbocycles. The number of carbonyl (C=O) groups is 2. The molecule has 1 aromatic rings. The third kappa shape index (κ3) is 9.33. The molecule has 4 nitrogen and oxygen atoms in total. The van der Waals surface area contributed by atoms with Gasteiger partial charge in [-0.1, -0.05) is 95.0 Å². The number of carbonyl (C=O) groups excluding carboxylic acids is 2. The van der Waals surface area contributed by atoms with E-state index in [-0.39, 0.29) is 92.9 Å². The van der Waals surface area contributed by atoms with Crippen molar-refractivity contribution in [3.05, 3.63) is 35.9 Å². The van der Waals surface area contributed by atoms with E-state index in [1.54, 1.807) is 18.2 Å². The van der Waals surface area contributed by atoms with Gasteiger partial charge in [0, 0.05) is 0 Å². The van der Waals surface area contributed by atoms with Gasteiger partial charge in [-0.2, -0.15) is 0 Å². The van der Waals surface area contributed by atoms with Crippen molar-refractivity contribution in [1.29, 1.82) is 0 Å². The Balaban J connectivity index is 0. The molecule has 0 aliphatic carbocycles. The maximum atomic E-state index is 11.6. The van der Waals surface area contributed by atoms with E-state index in [1.807, 2.05) is 0 Å². The first-order valence-corrected chi connectivity index (χ1v) is 9.04. The minimum atomic E-state index is -2.05. The van der Waals surface area contributed by atoms with Crippen LogP contribution in [0.4, 0.5) is 0 Å². The van der Waals surface area contributed by atoms with Crippen molar-refractivity contribution < 1.29 is 101 Å². The molecule has 0 aliphatic heterocycles. The van der Waals surface area contributed by atoms with Crippen LogP contribution in [0.2, 0.25) is 0 Å². The smallest absolute Gasteiger partial charge is 0.549 e. The topological polar surface area (TPSA) is 80.3 Å². The van der Waals surface area contributed by atoms with Crippen molar-refractivity contribution in [2.75, 3.05) is 0 Å². The fourth-order valence-electron chi connectivity index (χ4n) is 3.09. The van der Waals surface area contributed by atoms with E-state index in [4.69, 9.17) is 0 Å². The van der Waals surface area contributed by atoms with Crippen LogP contribution >= 0.6 is 0 Å². The van der Waals surface area contributed by atoms with Crippen molar-refractivity contribution in [2.45, 2.75) is 76.5 Å². The van der Waals surface area contributed by atoms with Gasteiger partial charge in [-0.25, -0.2) is 0 Å². The molecule has 0 spiro atoms. The molecule has 0 aliphatic rings. The van der Waals surface area contributed by atoms with Crippen LogP contribution < -0.4 is 91.2 Å². The summed E-state index contributed by atoms with van der Waals surface area (Å²) in [5, 5.41) is 23.2. The number of benzene rings is 1. The summed E-state index contributed by atoms with van der Waals surface area (Å²) in [4.78, 5) is 23.2. The Hall–Kier alpha value is 0.796. The summed E-state index contributed by atoms with van der Waals surface area (Å²) in [7, 11) is 0. The molecular weight excluding hydrogens is 366 g/mol. The molecule has 0 amide bonds. The van der Waals surface area contributed by atoms with Gasteiger partial charge in [0.25, 0.3) is 0 Å². The van der Waals surface area contributed by atoms with Crippen molar-refractivity contribution in [2.24, 2.45) is 0 Å². The molecule has 26 heavy (non-hydrogen) atoms. The Labute approximate surface area is 222 Å². The van der Waals surface area contributed by atoms with Gasteiger partial charge in [-0.3, -0.25) is 0 Å². The van der Waals surface area contributed by atoms with Crippen molar-refractivity contribution >= 4 is 11.9 Å². The van der Waals surface area contributed by atoms with Crippen LogP contribution in [-0.4, -0.2) is 11.9 Å². The fourth-order valence-corrected chi connectivity index (χ4v) is 3.09. The molecule has 0 radical (unpaired) electrons. The van der Waals surface area contributed by atoms with Crippen LogP contribution in [0.3, 0.4) is 0 Å². The second-order valence-electron chi connectivity index (χ2n) is 6.42. The Bertz CT molecular complexity index is 494. The van der Waals surface area contributed by atoms with Crippen molar-refractivity contribution in [3.8, 4) is 0 Å². The maximum Gasteiger partial charge on any atom is 1.00 e. The summed E-state index contributed by atoms with van der Waals surface area (Å²) in [6.45, 7) is 2.19. The number of hydrogen-bond acceptors (Lipinski definition) is 4. The van der Waals surface area contributed by atoms with Crippen LogP contribution in [0, 0.1) is 0 Å². The second-order valence-corrected chi connectivity index (χ2v) is 6.42. The average Bonchev–Trinajstić information content (AvgIpc) is 2.57. The van der Waals surface area contributed by atoms with Gasteiger partial charge >= 0.3 is 80.9 Å². The van der Waals surface area contributed by atoms with E-state index < -0.39 is 17.4 Å². The van der Waals surface area contributed by atoms with Gasteiger partial charge in [-0.05, 0) is 12.0 Å². The molecule has 0 N–H and O–H groups in total. The largest absolute Gasteiger partial charge is 1.00 e. The predicted molar refractivity (Wildman–Crippen MR) is 90.0 cm³/mol. The third-order valence-electron chi connectivity index (χ3n) is 4.62. The third-order valence-corrected chi connectivity index (χ3v) is 4.62. The Morgan fingerprint density at radius 2 is 1.23 bits per heavy atom. The quantitative estimate of drug-likeness (QED) is 0.196. The van der Waals surface area contributed by atoms with Gasteiger partial charge < -0.3 is 19.8 Å². The van der Waals surface area contributed by atoms with E-state index in [9.17, 15) is 19.8 Å². The van der Waals surface area contributed by atoms with E-state index in [0.717, 1.165) is 19.3 Å². The molecule has 0 aromatic heterocycles. The summed E-state index contributed by atoms with van der Waals surface area (Å²) in [5.74, 6) is -3.18. The Kier molecular flexibility index (Phi) is 18.7. The van der Waals surface area contributed by atoms with Gasteiger partial charge in [0.1, 0.15) is 0 Å². The Morgan fingerprint density at radius 1 is 0.808 bits per heavy atom. The average molecular weight is 395 g/mol. The van der Waals surface area contributed by atoms with Crippen LogP contribution in [0.25, 0.3) is 0 Å². The molecule has 6 heteroatoms. The molecule has 0 bridgehead atoms. The molecule has 0 saturated heterocycles. The first-order chi connectivity index (χ1) is 11.6. The van der Waals surface area contributed by atoms with Gasteiger partial charge in [0.15, 0.2) is 0 Å². The fraction of sp³-hybridized carbons (Fsp3) is 0.600. The maximum absolute atomic E-state index is 11.6. The number of carboxylic acids is 2. The summed E-state index contributed by atoms with van der Waals surface area (Å²) < 4.78 is 0. The van der Waals surface area contributed by atoms with Crippen molar-refractivity contribution in [3.63, 3.8) is 0 Å². The van der Waals surface area contributed by atoms with Crippen LogP contribution in [0.1, 0.15) is 76.7 Å². The zero-order chi connectivity index (χ0) is 17.8. The molecule has 0 atom stereocenters. The van der Waals surface area contributed by atoms with Crippen LogP contribution in [0.5, 0.6) is 0 Å².